The first kappa shape index (κ1) is 98.1. The summed E-state index contributed by atoms with van der Waals surface area (Å²) in [5.74, 6) is -0.357. The van der Waals surface area contributed by atoms with E-state index >= 15 is 0 Å². The number of benzene rings is 8. The number of hydrogen-bond acceptors (Lipinski definition) is 10. The molecule has 0 saturated carbocycles. The summed E-state index contributed by atoms with van der Waals surface area (Å²) in [5, 5.41) is 42.1. The van der Waals surface area contributed by atoms with Gasteiger partial charge in [0.2, 0.25) is 0 Å². The molecule has 4 aliphatic carbocycles. The van der Waals surface area contributed by atoms with Crippen LogP contribution in [-0.2, 0) is 62.2 Å². The summed E-state index contributed by atoms with van der Waals surface area (Å²) >= 11 is 7.48. The quantitative estimate of drug-likeness (QED) is 0.0212. The topological polar surface area (TPSA) is 129 Å². The van der Waals surface area contributed by atoms with Crippen LogP contribution in [0.3, 0.4) is 0 Å². The Labute approximate surface area is 828 Å². The lowest BCUT2D eigenvalue weighted by molar-refractivity contribution is 0.103. The van der Waals surface area contributed by atoms with Crippen LogP contribution in [0, 0.1) is 45.3 Å². The zero-order valence-electron chi connectivity index (χ0n) is 82.0. The number of unbranched alkanes of at least 4 members (excludes halogenated alkanes) is 24. The maximum absolute atomic E-state index is 14.7. The summed E-state index contributed by atoms with van der Waals surface area (Å²) in [4.78, 5) is 36.0. The van der Waals surface area contributed by atoms with Gasteiger partial charge < -0.3 is 0 Å². The van der Waals surface area contributed by atoms with Crippen molar-refractivity contribution in [2.75, 3.05) is 0 Å². The van der Waals surface area contributed by atoms with Crippen molar-refractivity contribution < 1.29 is 9.59 Å². The van der Waals surface area contributed by atoms with Crippen molar-refractivity contribution in [1.82, 2.24) is 0 Å². The lowest BCUT2D eigenvalue weighted by Crippen LogP contribution is -2.30. The number of nitrogens with zero attached hydrogens (tertiary/aromatic N) is 4. The number of thiophene rings is 4. The zero-order chi connectivity index (χ0) is 94.7. The molecule has 10 heteroatoms. The highest BCUT2D eigenvalue weighted by molar-refractivity contribution is 7.32. The standard InChI is InChI=1S/C126H136N4O2S4/c1-9-17-25-33-45-85-65-86(46-34-26-18-10-2)70-97(69-85)125(98-71-87(47-35-27-19-11-3)66-88(72-98)48-36-28-20-12-4)111-77-93(113-63-59-101(133-113)79-109-115(95(81-127)82-128)103-53-41-43-55-105(103)119(109)131)57-61-107(111)121-117(125)123-124(135-121)118-122(136-123)108-62-58-94(114-64-60-102(134-114)80-110-116(96(83-129)84-130)104-54-42-44-56-106(104)120(110)132)78-112(108)126(118,99-73-89(49-37-29-21-13-5)67-90(74-99)50-38-30-22-14-6)100-75-91(51-39-31-23-15-7)68-92(76-100)52-40-32-24-16-8/h41-44,53-80H,9-40,45-52H2,1-8H3/b109-79-,110-80-. The molecule has 0 radical (unpaired) electrons. The summed E-state index contributed by atoms with van der Waals surface area (Å²) in [5.41, 5.74) is 29.1. The van der Waals surface area contributed by atoms with Crippen LogP contribution in [0.5, 0.6) is 0 Å². The largest absolute Gasteiger partial charge is 0.289 e. The molecule has 0 N–H and O–H groups in total. The molecule has 0 unspecified atom stereocenters. The number of hydrogen-bond donors (Lipinski definition) is 0. The van der Waals surface area contributed by atoms with Gasteiger partial charge in [-0.2, -0.15) is 21.0 Å². The Bertz CT molecular complexity index is 5980. The average Bonchev–Trinajstić information content (AvgIpc) is 1.48. The average molecular weight is 1870 g/mol. The van der Waals surface area contributed by atoms with Gasteiger partial charge in [0.25, 0.3) is 0 Å². The predicted octanol–water partition coefficient (Wildman–Crippen LogP) is 36.3. The number of nitriles is 4. The first-order valence-corrected chi connectivity index (χ1v) is 55.5. The molecular weight excluding hydrogens is 1730 g/mol. The number of ketones is 2. The van der Waals surface area contributed by atoms with Gasteiger partial charge in [-0.1, -0.05) is 355 Å². The fraction of sp³-hybridized carbons (Fsp3) is 0.397. The number of carbonyl (C=O) groups excluding carboxylic acids is 2. The van der Waals surface area contributed by atoms with Crippen LogP contribution >= 0.6 is 45.3 Å². The third-order valence-corrected chi connectivity index (χ3v) is 34.1. The van der Waals surface area contributed by atoms with Crippen LogP contribution < -0.4 is 0 Å². The number of aryl methyl sites for hydroxylation is 8. The molecule has 12 aromatic rings. The van der Waals surface area contributed by atoms with Gasteiger partial charge in [0, 0.05) is 73.8 Å². The smallest absolute Gasteiger partial charge is 0.194 e. The van der Waals surface area contributed by atoms with Gasteiger partial charge in [0.1, 0.15) is 35.4 Å². The van der Waals surface area contributed by atoms with E-state index in [2.05, 4.69) is 236 Å². The van der Waals surface area contributed by atoms with Crippen molar-refractivity contribution in [2.45, 2.75) is 323 Å². The van der Waals surface area contributed by atoms with Crippen molar-refractivity contribution in [3.05, 3.63) is 325 Å². The molecule has 4 aromatic heterocycles. The number of allylic oxidation sites excluding steroid dienone is 6. The van der Waals surface area contributed by atoms with E-state index in [0.717, 1.165) is 133 Å². The fourth-order valence-corrected chi connectivity index (χ4v) is 27.6. The van der Waals surface area contributed by atoms with Crippen molar-refractivity contribution in [3.8, 4) is 66.0 Å². The van der Waals surface area contributed by atoms with Crippen LogP contribution in [-0.4, -0.2) is 11.6 Å². The number of Topliss-reactive ketones (excluding diaryl/α,β-unsaturated/α-hetero) is 2. The molecule has 0 spiro atoms. The van der Waals surface area contributed by atoms with Gasteiger partial charge in [0.05, 0.1) is 20.2 Å². The highest BCUT2D eigenvalue weighted by Crippen LogP contribution is 2.70. The molecule has 6 nitrogen and oxygen atoms in total. The van der Waals surface area contributed by atoms with Crippen LogP contribution in [0.2, 0.25) is 0 Å². The van der Waals surface area contributed by atoms with Crippen LogP contribution in [0.25, 0.3) is 74.5 Å². The second-order valence-electron chi connectivity index (χ2n) is 39.1. The van der Waals surface area contributed by atoms with E-state index < -0.39 is 10.8 Å². The summed E-state index contributed by atoms with van der Waals surface area (Å²) in [6.45, 7) is 18.7. The van der Waals surface area contributed by atoms with Gasteiger partial charge in [-0.15, -0.1) is 45.3 Å². The molecule has 8 aromatic carbocycles. The Morgan fingerprint density at radius 1 is 0.279 bits per heavy atom. The molecule has 4 heterocycles. The van der Waals surface area contributed by atoms with Gasteiger partial charge in [-0.25, -0.2) is 0 Å². The molecule has 0 atom stereocenters. The Hall–Kier alpha value is -10.9. The molecule has 0 fully saturated rings. The van der Waals surface area contributed by atoms with E-state index in [-0.39, 0.29) is 22.7 Å². The van der Waals surface area contributed by atoms with E-state index in [0.29, 0.717) is 44.5 Å². The van der Waals surface area contributed by atoms with Gasteiger partial charge >= 0.3 is 0 Å². The van der Waals surface area contributed by atoms with Gasteiger partial charge in [-0.05, 0) is 263 Å². The molecule has 4 aliphatic rings. The molecule has 0 bridgehead atoms. The van der Waals surface area contributed by atoms with E-state index in [1.807, 2.05) is 60.7 Å². The van der Waals surface area contributed by atoms with Crippen LogP contribution in [0.1, 0.15) is 391 Å². The Balaban J connectivity index is 1.03. The van der Waals surface area contributed by atoms with Crippen LogP contribution in [0.15, 0.2) is 204 Å². The third kappa shape index (κ3) is 20.5. The number of fused-ring (bicyclic) bond motifs is 11. The molecule has 0 amide bonds. The second kappa shape index (κ2) is 46.5. The first-order chi connectivity index (χ1) is 66.7. The predicted molar refractivity (Wildman–Crippen MR) is 577 cm³/mol. The van der Waals surface area contributed by atoms with Crippen molar-refractivity contribution in [3.63, 3.8) is 0 Å². The summed E-state index contributed by atoms with van der Waals surface area (Å²) in [7, 11) is 0. The molecule has 136 heavy (non-hydrogen) atoms. The van der Waals surface area contributed by atoms with Gasteiger partial charge in [0.15, 0.2) is 11.6 Å². The monoisotopic (exact) mass is 1860 g/mol. The molecule has 696 valence electrons. The summed E-state index contributed by atoms with van der Waals surface area (Å²) < 4.78 is 2.75. The number of carbonyl (C=O) groups is 2. The number of rotatable bonds is 48. The minimum absolute atomic E-state index is 0.0649. The highest BCUT2D eigenvalue weighted by Gasteiger charge is 2.55. The minimum Gasteiger partial charge on any atom is -0.289 e. The first-order valence-electron chi connectivity index (χ1n) is 52.2. The zero-order valence-corrected chi connectivity index (χ0v) is 85.3. The van der Waals surface area contributed by atoms with Crippen molar-refractivity contribution in [1.29, 1.82) is 21.0 Å². The SMILES string of the molecule is CCCCCCc1cc(CCCCCC)cc(C2(c3cc(CCCCCC)cc(CCCCCC)c3)c3cc(-c4ccc(/C=C5\C(=O)c6ccccc6C5=C(C#N)C#N)s4)ccc3-c3sc4c5c(sc4c32)-c2ccc(-c3ccc(/C=C4\C(=O)c6ccccc6C4=C(C#N)C#N)s3)cc2C5(c2cc(CCCCCC)cc(CCCCCC)c2)c2cc(CCCCCC)cc(CCCCCC)c2)c1. The van der Waals surface area contributed by atoms with E-state index in [1.165, 1.54) is 273 Å². The highest BCUT2D eigenvalue weighted by atomic mass is 32.1. The Morgan fingerprint density at radius 3 is 0.787 bits per heavy atom. The fourth-order valence-electron chi connectivity index (χ4n) is 22.5. The molecule has 16 rings (SSSR count). The summed E-state index contributed by atoms with van der Waals surface area (Å²) in [6, 6.07) is 79.4. The Morgan fingerprint density at radius 2 is 0.537 bits per heavy atom. The van der Waals surface area contributed by atoms with Crippen LogP contribution in [0.4, 0.5) is 0 Å². The van der Waals surface area contributed by atoms with Crippen molar-refractivity contribution >= 4 is 89.6 Å². The molecule has 0 aliphatic heterocycles. The lowest BCUT2D eigenvalue weighted by Gasteiger charge is -2.36. The second-order valence-corrected chi connectivity index (χ2v) is 43.4. The minimum atomic E-state index is -0.843. The van der Waals surface area contributed by atoms with E-state index in [4.69, 9.17) is 0 Å². The van der Waals surface area contributed by atoms with E-state index in [9.17, 15) is 30.6 Å². The maximum Gasteiger partial charge on any atom is 0.194 e. The Kier molecular flexibility index (Phi) is 33.5. The third-order valence-electron chi connectivity index (χ3n) is 29.4. The van der Waals surface area contributed by atoms with Gasteiger partial charge in [-0.3, -0.25) is 9.59 Å². The molecule has 0 saturated heterocycles. The summed E-state index contributed by atoms with van der Waals surface area (Å²) in [6.07, 6.45) is 49.4. The maximum atomic E-state index is 14.7. The lowest BCUT2D eigenvalue weighted by atomic mass is 9.65. The molecular formula is C126H136N4O2S4. The van der Waals surface area contributed by atoms with Crippen molar-refractivity contribution in [2.24, 2.45) is 0 Å². The van der Waals surface area contributed by atoms with E-state index in [1.54, 1.807) is 22.7 Å². The normalized spacial score (nSPS) is 14.1.